The molecule has 0 radical (unpaired) electrons. The summed E-state index contributed by atoms with van der Waals surface area (Å²) < 4.78 is 5.58. The van der Waals surface area contributed by atoms with Gasteiger partial charge in [-0.25, -0.2) is 4.98 Å². The van der Waals surface area contributed by atoms with Gasteiger partial charge in [0.25, 0.3) is 0 Å². The predicted octanol–water partition coefficient (Wildman–Crippen LogP) is 4.02. The van der Waals surface area contributed by atoms with Gasteiger partial charge < -0.3 is 15.5 Å². The number of aryl methyl sites for hydroxylation is 2. The molecule has 2 amide bonds. The maximum absolute atomic E-state index is 12.3. The quantitative estimate of drug-likeness (QED) is 0.394. The average molecular weight is 398 g/mol. The second-order valence-electron chi connectivity index (χ2n) is 7.13. The van der Waals surface area contributed by atoms with Gasteiger partial charge in [0.1, 0.15) is 12.3 Å². The minimum absolute atomic E-state index is 0.0929. The van der Waals surface area contributed by atoms with Crippen molar-refractivity contribution < 1.29 is 14.0 Å². The molecule has 156 valence electrons. The molecule has 3 N–H and O–H groups in total. The van der Waals surface area contributed by atoms with Crippen LogP contribution in [-0.4, -0.2) is 16.8 Å². The van der Waals surface area contributed by atoms with E-state index in [-0.39, 0.29) is 5.91 Å². The minimum Gasteiger partial charge on any atom is -0.446 e. The van der Waals surface area contributed by atoms with Crippen LogP contribution in [-0.2, 0) is 22.4 Å². The fourth-order valence-corrected chi connectivity index (χ4v) is 3.02. The molecule has 1 aromatic carbocycles. The third-order valence-corrected chi connectivity index (χ3v) is 4.63. The summed E-state index contributed by atoms with van der Waals surface area (Å²) in [6.07, 6.45) is 11.7. The van der Waals surface area contributed by atoms with Crippen LogP contribution in [0.1, 0.15) is 68.6 Å². The molecule has 1 atom stereocenters. The lowest BCUT2D eigenvalue weighted by molar-refractivity contribution is -0.122. The lowest BCUT2D eigenvalue weighted by Crippen LogP contribution is -2.27. The van der Waals surface area contributed by atoms with Crippen molar-refractivity contribution in [2.24, 2.45) is 5.73 Å². The number of hydrogen-bond acceptors (Lipinski definition) is 4. The van der Waals surface area contributed by atoms with E-state index >= 15 is 0 Å². The highest BCUT2D eigenvalue weighted by atomic mass is 16.3. The number of amides is 2. The molecule has 1 heterocycles. The summed E-state index contributed by atoms with van der Waals surface area (Å²) in [5, 5.41) is 2.88. The van der Waals surface area contributed by atoms with E-state index < -0.39 is 11.9 Å². The van der Waals surface area contributed by atoms with E-state index in [9.17, 15) is 9.59 Å². The summed E-state index contributed by atoms with van der Waals surface area (Å²) in [7, 11) is 0. The van der Waals surface area contributed by atoms with E-state index in [0.29, 0.717) is 12.3 Å². The van der Waals surface area contributed by atoms with Gasteiger partial charge in [0.05, 0.1) is 5.69 Å². The lowest BCUT2D eigenvalue weighted by atomic mass is 10.1. The van der Waals surface area contributed by atoms with Crippen LogP contribution in [0, 0.1) is 0 Å². The summed E-state index contributed by atoms with van der Waals surface area (Å²) in [4.78, 5) is 27.9. The first-order chi connectivity index (χ1) is 14.1. The molecular formula is C23H31N3O3. The molecule has 6 nitrogen and oxygen atoms in total. The number of primary amides is 1. The molecule has 29 heavy (non-hydrogen) atoms. The zero-order valence-corrected chi connectivity index (χ0v) is 17.1. The number of nitrogens with zero attached hydrogens (tertiary/aromatic N) is 1. The van der Waals surface area contributed by atoms with Crippen LogP contribution in [0.2, 0.25) is 0 Å². The van der Waals surface area contributed by atoms with Crippen molar-refractivity contribution >= 4 is 11.8 Å². The molecular weight excluding hydrogens is 366 g/mol. The number of nitrogens with two attached hydrogens (primary N) is 1. The highest BCUT2D eigenvalue weighted by Gasteiger charge is 2.17. The van der Waals surface area contributed by atoms with Crippen LogP contribution in [0.25, 0.3) is 0 Å². The molecule has 2 aromatic rings. The second-order valence-corrected chi connectivity index (χ2v) is 7.13. The molecule has 0 aliphatic carbocycles. The van der Waals surface area contributed by atoms with E-state index in [1.165, 1.54) is 30.6 Å². The number of rotatable bonds is 13. The number of benzene rings is 1. The molecule has 0 saturated heterocycles. The molecule has 0 bridgehead atoms. The van der Waals surface area contributed by atoms with Crippen LogP contribution in [0.4, 0.5) is 0 Å². The van der Waals surface area contributed by atoms with Gasteiger partial charge in [-0.05, 0) is 30.9 Å². The Hall–Kier alpha value is -2.89. The minimum atomic E-state index is -0.615. The van der Waals surface area contributed by atoms with E-state index in [2.05, 4.69) is 29.4 Å². The molecule has 0 saturated carbocycles. The normalized spacial score (nSPS) is 12.2. The monoisotopic (exact) mass is 397 g/mol. The molecule has 6 heteroatoms. The van der Waals surface area contributed by atoms with E-state index in [4.69, 9.17) is 10.2 Å². The third kappa shape index (κ3) is 8.77. The Kier molecular flexibility index (Phi) is 9.69. The molecule has 2 rings (SSSR count). The number of aromatic nitrogens is 1. The molecule has 1 aromatic heterocycles. The van der Waals surface area contributed by atoms with Crippen LogP contribution in [0.3, 0.4) is 0 Å². The van der Waals surface area contributed by atoms with Crippen molar-refractivity contribution in [1.82, 2.24) is 10.3 Å². The number of nitrogens with one attached hydrogen (secondary N) is 1. The van der Waals surface area contributed by atoms with Crippen LogP contribution in [0.5, 0.6) is 0 Å². The molecule has 1 unspecified atom stereocenters. The predicted molar refractivity (Wildman–Crippen MR) is 113 cm³/mol. The fraction of sp³-hybridized carbons (Fsp3) is 0.435. The maximum Gasteiger partial charge on any atom is 0.241 e. The SMILES string of the molecule is CCCCCCCC(=O)NC(/C=C/C(N)=O)c1nc(CCc2ccccc2)co1. The van der Waals surface area contributed by atoms with E-state index in [1.54, 1.807) is 6.26 Å². The Morgan fingerprint density at radius 1 is 1.14 bits per heavy atom. The number of carbonyl (C=O) groups is 2. The zero-order valence-electron chi connectivity index (χ0n) is 17.1. The van der Waals surface area contributed by atoms with Crippen molar-refractivity contribution in [3.8, 4) is 0 Å². The fourth-order valence-electron chi connectivity index (χ4n) is 3.02. The van der Waals surface area contributed by atoms with E-state index in [1.807, 2.05) is 18.2 Å². The van der Waals surface area contributed by atoms with Crippen molar-refractivity contribution in [3.05, 3.63) is 65.9 Å². The Morgan fingerprint density at radius 2 is 1.90 bits per heavy atom. The van der Waals surface area contributed by atoms with Gasteiger partial charge in [-0.3, -0.25) is 9.59 Å². The number of oxazole rings is 1. The Labute approximate surface area is 172 Å². The van der Waals surface area contributed by atoms with Gasteiger partial charge in [0, 0.05) is 12.5 Å². The van der Waals surface area contributed by atoms with Gasteiger partial charge in [0.2, 0.25) is 17.7 Å². The van der Waals surface area contributed by atoms with Gasteiger partial charge in [-0.15, -0.1) is 0 Å². The number of hydrogen-bond donors (Lipinski definition) is 2. The van der Waals surface area contributed by atoms with Crippen molar-refractivity contribution in [3.63, 3.8) is 0 Å². The zero-order chi connectivity index (χ0) is 20.9. The van der Waals surface area contributed by atoms with Crippen LogP contribution >= 0.6 is 0 Å². The van der Waals surface area contributed by atoms with Gasteiger partial charge in [0.15, 0.2) is 0 Å². The molecule has 0 fully saturated rings. The second kappa shape index (κ2) is 12.5. The Bertz CT molecular complexity index is 784. The number of unbranched alkanes of at least 4 members (excludes halogenated alkanes) is 4. The van der Waals surface area contributed by atoms with Gasteiger partial charge in [-0.2, -0.15) is 0 Å². The standard InChI is InChI=1S/C23H31N3O3/c1-2-3-4-5-9-12-22(28)26-20(15-16-21(24)27)23-25-19(17-29-23)14-13-18-10-7-6-8-11-18/h6-8,10-11,15-17,20H,2-5,9,12-14H2,1H3,(H2,24,27)(H,26,28)/b16-15+. The van der Waals surface area contributed by atoms with Crippen LogP contribution < -0.4 is 11.1 Å². The van der Waals surface area contributed by atoms with Crippen molar-refractivity contribution in [2.75, 3.05) is 0 Å². The first-order valence-corrected chi connectivity index (χ1v) is 10.3. The summed E-state index contributed by atoms with van der Waals surface area (Å²) in [5.74, 6) is -0.325. The average Bonchev–Trinajstić information content (AvgIpc) is 3.19. The lowest BCUT2D eigenvalue weighted by Gasteiger charge is -2.11. The van der Waals surface area contributed by atoms with Gasteiger partial charge >= 0.3 is 0 Å². The number of carbonyl (C=O) groups excluding carboxylic acids is 2. The first kappa shape index (κ1) is 22.4. The first-order valence-electron chi connectivity index (χ1n) is 10.3. The van der Waals surface area contributed by atoms with Crippen molar-refractivity contribution in [1.29, 1.82) is 0 Å². The smallest absolute Gasteiger partial charge is 0.241 e. The highest BCUT2D eigenvalue weighted by Crippen LogP contribution is 2.16. The Balaban J connectivity index is 1.93. The summed E-state index contributed by atoms with van der Waals surface area (Å²) in [5.41, 5.74) is 7.23. The van der Waals surface area contributed by atoms with E-state index in [0.717, 1.165) is 37.8 Å². The molecule has 0 aliphatic rings. The third-order valence-electron chi connectivity index (χ3n) is 4.63. The molecule has 0 aliphatic heterocycles. The summed E-state index contributed by atoms with van der Waals surface area (Å²) in [6.45, 7) is 2.16. The highest BCUT2D eigenvalue weighted by molar-refractivity contribution is 5.86. The van der Waals surface area contributed by atoms with Gasteiger partial charge in [-0.1, -0.05) is 62.9 Å². The largest absolute Gasteiger partial charge is 0.446 e. The summed E-state index contributed by atoms with van der Waals surface area (Å²) in [6, 6.07) is 9.52. The maximum atomic E-state index is 12.3. The topological polar surface area (TPSA) is 98.2 Å². The summed E-state index contributed by atoms with van der Waals surface area (Å²) >= 11 is 0. The van der Waals surface area contributed by atoms with Crippen molar-refractivity contribution in [2.45, 2.75) is 64.3 Å². The van der Waals surface area contributed by atoms with Crippen LogP contribution in [0.15, 0.2) is 53.2 Å². The Morgan fingerprint density at radius 3 is 2.62 bits per heavy atom. The molecule has 0 spiro atoms.